The van der Waals surface area contributed by atoms with E-state index in [-0.39, 0.29) is 32.5 Å². The number of carbonyl (C=O) groups excluding carboxylic acids is 1. The van der Waals surface area contributed by atoms with Gasteiger partial charge in [-0.15, -0.1) is 0 Å². The molecule has 0 saturated heterocycles. The molecule has 0 atom stereocenters. The predicted octanol–water partition coefficient (Wildman–Crippen LogP) is 0.744. The van der Waals surface area contributed by atoms with Crippen LogP contribution >= 0.6 is 11.6 Å². The van der Waals surface area contributed by atoms with E-state index in [1.54, 1.807) is 0 Å². The van der Waals surface area contributed by atoms with E-state index >= 15 is 0 Å². The van der Waals surface area contributed by atoms with E-state index < -0.39 is 0 Å². The molecule has 0 bridgehead atoms. The Morgan fingerprint density at radius 2 is 2.43 bits per heavy atom. The van der Waals surface area contributed by atoms with Gasteiger partial charge in [-0.1, -0.05) is 0 Å². The van der Waals surface area contributed by atoms with Crippen molar-refractivity contribution in [2.24, 2.45) is 0 Å². The summed E-state index contributed by atoms with van der Waals surface area (Å²) in [7, 11) is 0. The number of hydrogen-bond donors (Lipinski definition) is 0. The Bertz CT molecular complexity index is 90.9. The van der Waals surface area contributed by atoms with Gasteiger partial charge < -0.3 is 0 Å². The van der Waals surface area contributed by atoms with Crippen LogP contribution in [0.5, 0.6) is 0 Å². The van der Waals surface area contributed by atoms with Gasteiger partial charge in [0.15, 0.2) is 0 Å². The van der Waals surface area contributed by atoms with Gasteiger partial charge in [-0.3, -0.25) is 0 Å². The summed E-state index contributed by atoms with van der Waals surface area (Å²) in [5.74, 6) is -0.349. The number of halogens is 1. The van der Waals surface area contributed by atoms with Crippen LogP contribution in [0.2, 0.25) is 0 Å². The van der Waals surface area contributed by atoms with Crippen LogP contribution in [0.1, 0.15) is 0 Å². The maximum absolute atomic E-state index is 10.1. The normalized spacial score (nSPS) is 9.57. The predicted molar refractivity (Wildman–Crippen MR) is 21.1 cm³/mol. The van der Waals surface area contributed by atoms with Gasteiger partial charge >= 0.3 is 63.2 Å². The molecule has 0 aromatic carbocycles. The quantitative estimate of drug-likeness (QED) is 0.528. The molecule has 0 saturated carbocycles. The van der Waals surface area contributed by atoms with Gasteiger partial charge in [-0.25, -0.2) is 0 Å². The third-order valence-corrected chi connectivity index (χ3v) is 1.57. The first-order valence-electron chi connectivity index (χ1n) is 1.54. The van der Waals surface area contributed by atoms with E-state index in [1.807, 2.05) is 0 Å². The minimum absolute atomic E-state index is 0.0823. The van der Waals surface area contributed by atoms with Crippen molar-refractivity contribution in [3.63, 3.8) is 0 Å². The van der Waals surface area contributed by atoms with E-state index in [0.29, 0.717) is 0 Å². The first kappa shape index (κ1) is 7.44. The molecule has 0 radical (unpaired) electrons. The Morgan fingerprint density at radius 3 is 2.57 bits per heavy atom. The van der Waals surface area contributed by atoms with Gasteiger partial charge in [-0.2, -0.15) is 0 Å². The molecule has 0 aliphatic carbocycles. The standard InChI is InChI=1S/C3H3ClO2.Hg/c4-2-1-3(5)6;/h1-2H,(H,5,6);/q;+1/p-1. The molecule has 0 aromatic heterocycles. The van der Waals surface area contributed by atoms with Crippen LogP contribution in [0.15, 0.2) is 11.6 Å². The molecule has 0 heterocycles. The monoisotopic (exact) mass is 307 g/mol. The second-order valence-corrected chi connectivity index (χ2v) is 2.13. The zero-order valence-corrected chi connectivity index (χ0v) is 9.81. The fraction of sp³-hybridized carbons (Fsp3) is 0. The fourth-order valence-corrected chi connectivity index (χ4v) is 0.576. The molecule has 0 aliphatic rings. The summed E-state index contributed by atoms with van der Waals surface area (Å²) in [6.45, 7) is 0. The molecule has 0 N–H and O–H groups in total. The van der Waals surface area contributed by atoms with Crippen molar-refractivity contribution in [1.82, 2.24) is 0 Å². The maximum atomic E-state index is 10.1. The Balaban J connectivity index is 3.37. The van der Waals surface area contributed by atoms with E-state index in [2.05, 4.69) is 2.64 Å². The summed E-state index contributed by atoms with van der Waals surface area (Å²) in [4.78, 5) is 10.1. The van der Waals surface area contributed by atoms with Crippen LogP contribution in [-0.2, 0) is 34.0 Å². The van der Waals surface area contributed by atoms with Crippen molar-refractivity contribution in [3.05, 3.63) is 11.6 Å². The molecule has 35 valence electrons. The summed E-state index contributed by atoms with van der Waals surface area (Å²) in [6, 6.07) is 0. The first-order chi connectivity index (χ1) is 3.31. The van der Waals surface area contributed by atoms with E-state index in [9.17, 15) is 4.79 Å². The molecule has 2 nitrogen and oxygen atoms in total. The number of rotatable bonds is 1. The summed E-state index contributed by atoms with van der Waals surface area (Å²) in [5.41, 5.74) is 1.13. The Morgan fingerprint density at radius 1 is 1.86 bits per heavy atom. The van der Waals surface area contributed by atoms with Crippen molar-refractivity contribution >= 4 is 17.6 Å². The van der Waals surface area contributed by atoms with Crippen molar-refractivity contribution in [2.75, 3.05) is 0 Å². The molecule has 4 heteroatoms. The molecule has 0 aromatic rings. The van der Waals surface area contributed by atoms with Gasteiger partial charge in [0, 0.05) is 0 Å². The summed E-state index contributed by atoms with van der Waals surface area (Å²) >= 11 is 5.10. The minimum atomic E-state index is -0.349. The third-order valence-electron chi connectivity index (χ3n) is 0.341. The average molecular weight is 306 g/mol. The topological polar surface area (TPSA) is 26.3 Å². The summed E-state index contributed by atoms with van der Waals surface area (Å²) in [6.07, 6.45) is 1.18. The number of hydrogen-bond acceptors (Lipinski definition) is 2. The molecule has 0 aliphatic heterocycles. The number of carbonyl (C=O) groups is 1. The van der Waals surface area contributed by atoms with Gasteiger partial charge in [0.1, 0.15) is 0 Å². The van der Waals surface area contributed by atoms with Gasteiger partial charge in [0.2, 0.25) is 0 Å². The van der Waals surface area contributed by atoms with Crippen LogP contribution in [0.4, 0.5) is 0 Å². The SMILES string of the molecule is O=C(C=CCl)[O][Hg]. The second kappa shape index (κ2) is 4.59. The molecule has 0 rings (SSSR count). The molecule has 7 heavy (non-hydrogen) atoms. The van der Waals surface area contributed by atoms with E-state index in [0.717, 1.165) is 5.54 Å². The zero-order valence-electron chi connectivity index (χ0n) is 3.56. The molecule has 0 unspecified atom stereocenters. The molecule has 0 spiro atoms. The van der Waals surface area contributed by atoms with Crippen molar-refractivity contribution in [1.29, 1.82) is 0 Å². The Labute approximate surface area is 63.1 Å². The molecular weight excluding hydrogens is 304 g/mol. The van der Waals surface area contributed by atoms with Gasteiger partial charge in [0.05, 0.1) is 0 Å². The average Bonchev–Trinajstić information content (AvgIpc) is 1.68. The second-order valence-electron chi connectivity index (χ2n) is 0.756. The van der Waals surface area contributed by atoms with Crippen molar-refractivity contribution < 1.29 is 34.0 Å². The molecular formula is C3H2ClHgO2. The van der Waals surface area contributed by atoms with Crippen molar-refractivity contribution in [3.8, 4) is 0 Å². The Hall–Kier alpha value is 0.435. The van der Waals surface area contributed by atoms with Crippen LogP contribution < -0.4 is 0 Å². The van der Waals surface area contributed by atoms with Crippen LogP contribution in [0.25, 0.3) is 0 Å². The van der Waals surface area contributed by atoms with E-state index in [1.165, 1.54) is 6.08 Å². The Kier molecular flexibility index (Phi) is 4.88. The summed E-state index contributed by atoms with van der Waals surface area (Å²) < 4.78 is 4.37. The zero-order chi connectivity index (χ0) is 5.70. The van der Waals surface area contributed by atoms with Crippen LogP contribution in [0.3, 0.4) is 0 Å². The first-order valence-corrected chi connectivity index (χ1v) is 4.22. The summed E-state index contributed by atoms with van der Waals surface area (Å²) in [5, 5.41) is 0. The van der Waals surface area contributed by atoms with Crippen LogP contribution in [0, 0.1) is 0 Å². The van der Waals surface area contributed by atoms with Crippen LogP contribution in [-0.4, -0.2) is 5.97 Å². The fourth-order valence-electron chi connectivity index (χ4n) is 0.0995. The molecule has 0 amide bonds. The van der Waals surface area contributed by atoms with Crippen molar-refractivity contribution in [2.45, 2.75) is 0 Å². The van der Waals surface area contributed by atoms with E-state index in [4.69, 9.17) is 11.6 Å². The van der Waals surface area contributed by atoms with Gasteiger partial charge in [0.25, 0.3) is 0 Å². The molecule has 0 fully saturated rings. The van der Waals surface area contributed by atoms with Gasteiger partial charge in [-0.05, 0) is 0 Å². The third kappa shape index (κ3) is 4.28.